The summed E-state index contributed by atoms with van der Waals surface area (Å²) >= 11 is 0. The summed E-state index contributed by atoms with van der Waals surface area (Å²) in [4.78, 5) is 0.831. The van der Waals surface area contributed by atoms with Crippen molar-refractivity contribution in [2.75, 3.05) is 6.26 Å². The van der Waals surface area contributed by atoms with Gasteiger partial charge in [-0.1, -0.05) is 11.6 Å². The maximum Gasteiger partial charge on any atom is 0.495 e. The third kappa shape index (κ3) is 2.64. The number of hydrogen-bond acceptors (Lipinski definition) is 3. The molecule has 2 rings (SSSR count). The third-order valence-electron chi connectivity index (χ3n) is 4.08. The molecule has 1 saturated heterocycles. The average molecular weight is 280 g/mol. The summed E-state index contributed by atoms with van der Waals surface area (Å²) in [5.74, 6) is 0. The van der Waals surface area contributed by atoms with Crippen LogP contribution in [0, 0.1) is 6.92 Å². The minimum absolute atomic E-state index is 0.337. The standard InChI is InChI=1S/C14H21BO3S/c1-10-9-11(19(6)16)7-8-12(10)15-17-13(2,3)14(4,5)18-15/h7-9H,1-6H3. The van der Waals surface area contributed by atoms with Gasteiger partial charge in [0.25, 0.3) is 0 Å². The molecular weight excluding hydrogens is 259 g/mol. The van der Waals surface area contributed by atoms with Gasteiger partial charge in [0.1, 0.15) is 0 Å². The molecule has 104 valence electrons. The molecule has 1 atom stereocenters. The van der Waals surface area contributed by atoms with E-state index in [4.69, 9.17) is 9.31 Å². The van der Waals surface area contributed by atoms with Crippen molar-refractivity contribution in [1.29, 1.82) is 0 Å². The second-order valence-electron chi connectivity index (χ2n) is 6.06. The molecule has 1 aliphatic heterocycles. The van der Waals surface area contributed by atoms with E-state index in [1.165, 1.54) is 0 Å². The summed E-state index contributed by atoms with van der Waals surface area (Å²) in [6, 6.07) is 5.77. The quantitative estimate of drug-likeness (QED) is 0.778. The van der Waals surface area contributed by atoms with Crippen LogP contribution in [0.3, 0.4) is 0 Å². The Morgan fingerprint density at radius 3 is 2.05 bits per heavy atom. The Balaban J connectivity index is 2.33. The largest absolute Gasteiger partial charge is 0.495 e. The van der Waals surface area contributed by atoms with Gasteiger partial charge in [0.15, 0.2) is 0 Å². The highest BCUT2D eigenvalue weighted by Crippen LogP contribution is 2.36. The molecule has 1 aromatic rings. The molecule has 1 aliphatic rings. The first kappa shape index (κ1) is 14.8. The number of benzene rings is 1. The van der Waals surface area contributed by atoms with Crippen molar-refractivity contribution >= 4 is 23.4 Å². The molecule has 3 nitrogen and oxygen atoms in total. The predicted molar refractivity (Wildman–Crippen MR) is 79.2 cm³/mol. The van der Waals surface area contributed by atoms with E-state index in [9.17, 15) is 4.21 Å². The Kier molecular flexibility index (Phi) is 3.67. The molecule has 1 unspecified atom stereocenters. The van der Waals surface area contributed by atoms with Crippen molar-refractivity contribution in [3.05, 3.63) is 23.8 Å². The molecule has 0 aromatic heterocycles. The molecule has 0 N–H and O–H groups in total. The van der Waals surface area contributed by atoms with E-state index in [2.05, 4.69) is 0 Å². The number of hydrogen-bond donors (Lipinski definition) is 0. The van der Waals surface area contributed by atoms with E-state index in [1.54, 1.807) is 6.26 Å². The summed E-state index contributed by atoms with van der Waals surface area (Å²) in [6.45, 7) is 10.2. The topological polar surface area (TPSA) is 35.5 Å². The number of rotatable bonds is 2. The van der Waals surface area contributed by atoms with Gasteiger partial charge in [0.2, 0.25) is 0 Å². The van der Waals surface area contributed by atoms with Crippen LogP contribution in [0.1, 0.15) is 33.3 Å². The first-order chi connectivity index (χ1) is 8.64. The lowest BCUT2D eigenvalue weighted by Gasteiger charge is -2.32. The Morgan fingerprint density at radius 2 is 1.63 bits per heavy atom. The summed E-state index contributed by atoms with van der Waals surface area (Å²) in [6.07, 6.45) is 1.68. The van der Waals surface area contributed by atoms with Crippen molar-refractivity contribution in [2.45, 2.75) is 50.7 Å². The molecule has 1 heterocycles. The fourth-order valence-electron chi connectivity index (χ4n) is 2.06. The fourth-order valence-corrected chi connectivity index (χ4v) is 2.66. The second-order valence-corrected chi connectivity index (χ2v) is 7.44. The van der Waals surface area contributed by atoms with Crippen LogP contribution in [0.5, 0.6) is 0 Å². The van der Waals surface area contributed by atoms with Crippen molar-refractivity contribution < 1.29 is 13.5 Å². The van der Waals surface area contributed by atoms with E-state index in [0.717, 1.165) is 15.9 Å². The normalized spacial score (nSPS) is 22.5. The van der Waals surface area contributed by atoms with E-state index >= 15 is 0 Å². The fraction of sp³-hybridized carbons (Fsp3) is 0.571. The summed E-state index contributed by atoms with van der Waals surface area (Å²) in [7, 11) is -1.32. The minimum atomic E-state index is -0.961. The zero-order chi connectivity index (χ0) is 14.4. The van der Waals surface area contributed by atoms with Crippen molar-refractivity contribution in [2.24, 2.45) is 0 Å². The molecule has 19 heavy (non-hydrogen) atoms. The van der Waals surface area contributed by atoms with Crippen molar-refractivity contribution in [3.8, 4) is 0 Å². The molecule has 0 saturated carbocycles. The van der Waals surface area contributed by atoms with Crippen LogP contribution in [0.4, 0.5) is 0 Å². The maximum atomic E-state index is 11.5. The van der Waals surface area contributed by atoms with Gasteiger partial charge >= 0.3 is 7.12 Å². The first-order valence-electron chi connectivity index (χ1n) is 6.44. The molecule has 0 aliphatic carbocycles. The minimum Gasteiger partial charge on any atom is -0.399 e. The summed E-state index contributed by atoms with van der Waals surface area (Å²) in [5, 5.41) is 0. The van der Waals surface area contributed by atoms with Crippen LogP contribution in [0.25, 0.3) is 0 Å². The molecule has 0 amide bonds. The second kappa shape index (κ2) is 4.72. The zero-order valence-corrected chi connectivity index (χ0v) is 13.3. The molecule has 1 aromatic carbocycles. The maximum absolute atomic E-state index is 11.5. The van der Waals surface area contributed by atoms with Gasteiger partial charge in [-0.15, -0.1) is 0 Å². The van der Waals surface area contributed by atoms with Gasteiger partial charge in [0.05, 0.1) is 11.2 Å². The Morgan fingerprint density at radius 1 is 1.11 bits per heavy atom. The van der Waals surface area contributed by atoms with Crippen LogP contribution in [0.15, 0.2) is 23.1 Å². The van der Waals surface area contributed by atoms with Gasteiger partial charge < -0.3 is 9.31 Å². The Labute approximate surface area is 118 Å². The molecule has 0 bridgehead atoms. The Bertz CT molecular complexity index is 509. The molecule has 0 spiro atoms. The SMILES string of the molecule is Cc1cc(S(C)=O)ccc1B1OC(C)(C)C(C)(C)O1. The van der Waals surface area contributed by atoms with Crippen LogP contribution in [-0.4, -0.2) is 28.8 Å². The molecule has 5 heteroatoms. The van der Waals surface area contributed by atoms with Gasteiger partial charge in [0, 0.05) is 22.0 Å². The highest BCUT2D eigenvalue weighted by molar-refractivity contribution is 7.84. The van der Waals surface area contributed by atoms with Crippen LogP contribution in [-0.2, 0) is 20.1 Å². The zero-order valence-electron chi connectivity index (χ0n) is 12.4. The lowest BCUT2D eigenvalue weighted by atomic mass is 9.76. The highest BCUT2D eigenvalue weighted by Gasteiger charge is 2.51. The van der Waals surface area contributed by atoms with Crippen molar-refractivity contribution in [1.82, 2.24) is 0 Å². The van der Waals surface area contributed by atoms with E-state index in [1.807, 2.05) is 52.8 Å². The van der Waals surface area contributed by atoms with Gasteiger partial charge in [-0.2, -0.15) is 0 Å². The molecule has 0 radical (unpaired) electrons. The van der Waals surface area contributed by atoms with Crippen LogP contribution in [0.2, 0.25) is 0 Å². The average Bonchev–Trinajstić information content (AvgIpc) is 2.47. The van der Waals surface area contributed by atoms with Crippen LogP contribution >= 0.6 is 0 Å². The lowest BCUT2D eigenvalue weighted by molar-refractivity contribution is 0.00578. The van der Waals surface area contributed by atoms with E-state index in [0.29, 0.717) is 0 Å². The predicted octanol–water partition coefficient (Wildman–Crippen LogP) is 2.03. The summed E-state index contributed by atoms with van der Waals surface area (Å²) < 4.78 is 23.6. The monoisotopic (exact) mass is 280 g/mol. The smallest absolute Gasteiger partial charge is 0.399 e. The summed E-state index contributed by atoms with van der Waals surface area (Å²) in [5.41, 5.74) is 1.38. The van der Waals surface area contributed by atoms with E-state index < -0.39 is 10.8 Å². The van der Waals surface area contributed by atoms with E-state index in [-0.39, 0.29) is 18.3 Å². The highest BCUT2D eigenvalue weighted by atomic mass is 32.2. The van der Waals surface area contributed by atoms with Crippen LogP contribution < -0.4 is 5.46 Å². The third-order valence-corrected chi connectivity index (χ3v) is 5.00. The molecular formula is C14H21BO3S. The van der Waals surface area contributed by atoms with Crippen molar-refractivity contribution in [3.63, 3.8) is 0 Å². The number of aryl methyl sites for hydroxylation is 1. The first-order valence-corrected chi connectivity index (χ1v) is 7.99. The molecule has 1 fully saturated rings. The Hall–Kier alpha value is -0.645. The van der Waals surface area contributed by atoms with Gasteiger partial charge in [-0.25, -0.2) is 0 Å². The lowest BCUT2D eigenvalue weighted by Crippen LogP contribution is -2.41. The van der Waals surface area contributed by atoms with Gasteiger partial charge in [-0.05, 0) is 52.2 Å². The van der Waals surface area contributed by atoms with Gasteiger partial charge in [-0.3, -0.25) is 4.21 Å².